The zero-order chi connectivity index (χ0) is 25.1. The lowest BCUT2D eigenvalue weighted by Gasteiger charge is -2.40. The SMILES string of the molecule is COc1ccccc1CNC(=O)[C@H]1c2cc(OC)c(OC)cc2C(=O)N(C)[C@H]1c1ccccc1F. The van der Waals surface area contributed by atoms with Gasteiger partial charge in [0.05, 0.1) is 33.3 Å². The van der Waals surface area contributed by atoms with E-state index in [4.69, 9.17) is 14.2 Å². The number of likely N-dealkylation sites (N-methyl/N-ethyl adjacent to an activating group) is 1. The van der Waals surface area contributed by atoms with Crippen molar-refractivity contribution in [2.75, 3.05) is 28.4 Å². The number of carbonyl (C=O) groups is 2. The van der Waals surface area contributed by atoms with Crippen molar-refractivity contribution in [3.05, 3.63) is 88.7 Å². The van der Waals surface area contributed by atoms with Crippen molar-refractivity contribution in [1.29, 1.82) is 0 Å². The predicted molar refractivity (Wildman–Crippen MR) is 128 cm³/mol. The number of rotatable bonds is 7. The molecule has 1 heterocycles. The molecule has 1 aliphatic heterocycles. The third-order valence-electron chi connectivity index (χ3n) is 6.33. The number of halogens is 1. The monoisotopic (exact) mass is 478 g/mol. The van der Waals surface area contributed by atoms with Crippen LogP contribution in [0, 0.1) is 5.82 Å². The van der Waals surface area contributed by atoms with Gasteiger partial charge in [0.25, 0.3) is 5.91 Å². The summed E-state index contributed by atoms with van der Waals surface area (Å²) in [4.78, 5) is 28.5. The van der Waals surface area contributed by atoms with E-state index in [2.05, 4.69) is 5.32 Å². The molecule has 0 bridgehead atoms. The second-order valence-electron chi connectivity index (χ2n) is 8.18. The maximum absolute atomic E-state index is 15.0. The van der Waals surface area contributed by atoms with Crippen LogP contribution < -0.4 is 19.5 Å². The molecule has 7 nitrogen and oxygen atoms in total. The summed E-state index contributed by atoms with van der Waals surface area (Å²) in [6.07, 6.45) is 0. The highest BCUT2D eigenvalue weighted by molar-refractivity contribution is 6.02. The average molecular weight is 479 g/mol. The third-order valence-corrected chi connectivity index (χ3v) is 6.33. The topological polar surface area (TPSA) is 77.1 Å². The van der Waals surface area contributed by atoms with Gasteiger partial charge < -0.3 is 24.4 Å². The number of hydrogen-bond donors (Lipinski definition) is 1. The second-order valence-corrected chi connectivity index (χ2v) is 8.18. The Hall–Kier alpha value is -4.07. The first kappa shape index (κ1) is 24.1. The van der Waals surface area contributed by atoms with Gasteiger partial charge in [0.2, 0.25) is 5.91 Å². The van der Waals surface area contributed by atoms with Gasteiger partial charge in [-0.05, 0) is 29.8 Å². The minimum Gasteiger partial charge on any atom is -0.496 e. The lowest BCUT2D eigenvalue weighted by atomic mass is 9.79. The summed E-state index contributed by atoms with van der Waals surface area (Å²) < 4.78 is 31.2. The van der Waals surface area contributed by atoms with Crippen LogP contribution in [0.2, 0.25) is 0 Å². The van der Waals surface area contributed by atoms with E-state index in [-0.39, 0.29) is 23.9 Å². The Balaban J connectivity index is 1.82. The first-order valence-corrected chi connectivity index (χ1v) is 11.1. The van der Waals surface area contributed by atoms with E-state index in [0.717, 1.165) is 5.56 Å². The number of benzene rings is 3. The fraction of sp³-hybridized carbons (Fsp3) is 0.259. The van der Waals surface area contributed by atoms with Crippen LogP contribution in [-0.4, -0.2) is 45.1 Å². The number of para-hydroxylation sites is 1. The molecule has 182 valence electrons. The molecule has 0 aliphatic carbocycles. The van der Waals surface area contributed by atoms with E-state index in [0.29, 0.717) is 28.4 Å². The number of amides is 2. The molecule has 0 aromatic heterocycles. The number of nitrogens with one attached hydrogen (secondary N) is 1. The summed E-state index contributed by atoms with van der Waals surface area (Å²) in [5.74, 6) is -0.729. The molecule has 0 saturated carbocycles. The lowest BCUT2D eigenvalue weighted by Crippen LogP contribution is -2.45. The van der Waals surface area contributed by atoms with Crippen molar-refractivity contribution in [3.8, 4) is 17.2 Å². The van der Waals surface area contributed by atoms with E-state index in [1.165, 1.54) is 25.2 Å². The number of ether oxygens (including phenoxy) is 3. The van der Waals surface area contributed by atoms with Crippen molar-refractivity contribution in [2.45, 2.75) is 18.5 Å². The van der Waals surface area contributed by atoms with E-state index < -0.39 is 17.8 Å². The Kier molecular flexibility index (Phi) is 6.91. The van der Waals surface area contributed by atoms with Crippen LogP contribution in [-0.2, 0) is 11.3 Å². The zero-order valence-electron chi connectivity index (χ0n) is 20.0. The van der Waals surface area contributed by atoms with E-state index >= 15 is 0 Å². The first-order chi connectivity index (χ1) is 16.9. The molecule has 3 aromatic rings. The second kappa shape index (κ2) is 10.0. The molecule has 0 saturated heterocycles. The number of carbonyl (C=O) groups excluding carboxylic acids is 2. The van der Waals surface area contributed by atoms with Crippen molar-refractivity contribution < 1.29 is 28.2 Å². The number of fused-ring (bicyclic) bond motifs is 1. The third kappa shape index (κ3) is 4.39. The van der Waals surface area contributed by atoms with Crippen LogP contribution in [0.3, 0.4) is 0 Å². The molecule has 1 N–H and O–H groups in total. The van der Waals surface area contributed by atoms with Crippen LogP contribution in [0.4, 0.5) is 4.39 Å². The lowest BCUT2D eigenvalue weighted by molar-refractivity contribution is -0.124. The van der Waals surface area contributed by atoms with Crippen LogP contribution in [0.25, 0.3) is 0 Å². The molecule has 2 amide bonds. The molecule has 3 aromatic carbocycles. The highest BCUT2D eigenvalue weighted by atomic mass is 19.1. The van der Waals surface area contributed by atoms with Crippen LogP contribution in [0.15, 0.2) is 60.7 Å². The molecule has 0 unspecified atom stereocenters. The fourth-order valence-corrected chi connectivity index (χ4v) is 4.58. The molecule has 2 atom stereocenters. The number of methoxy groups -OCH3 is 3. The van der Waals surface area contributed by atoms with Crippen molar-refractivity contribution >= 4 is 11.8 Å². The molecule has 0 radical (unpaired) electrons. The Morgan fingerprint density at radius 2 is 1.54 bits per heavy atom. The molecule has 4 rings (SSSR count). The molecule has 35 heavy (non-hydrogen) atoms. The Bertz CT molecular complexity index is 1260. The minimum atomic E-state index is -0.904. The predicted octanol–water partition coefficient (Wildman–Crippen LogP) is 4.08. The van der Waals surface area contributed by atoms with Crippen LogP contribution in [0.5, 0.6) is 17.2 Å². The number of hydrogen-bond acceptors (Lipinski definition) is 5. The molecular formula is C27H27FN2O5. The van der Waals surface area contributed by atoms with Gasteiger partial charge in [-0.3, -0.25) is 9.59 Å². The summed E-state index contributed by atoms with van der Waals surface area (Å²) in [6.45, 7) is 0.198. The first-order valence-electron chi connectivity index (χ1n) is 11.1. The number of nitrogens with zero attached hydrogens (tertiary/aromatic N) is 1. The molecule has 1 aliphatic rings. The largest absolute Gasteiger partial charge is 0.496 e. The molecule has 0 spiro atoms. The summed E-state index contributed by atoms with van der Waals surface area (Å²) >= 11 is 0. The van der Waals surface area contributed by atoms with Gasteiger partial charge in [-0.15, -0.1) is 0 Å². The standard InChI is InChI=1S/C27H27FN2O5/c1-30-25(17-10-6-7-11-20(17)28)24(26(31)29-15-16-9-5-8-12-21(16)33-2)18-13-22(34-3)23(35-4)14-19(18)27(30)32/h5-14,24-25H,15H2,1-4H3,(H,29,31)/t24-,25-/m0/s1. The van der Waals surface area contributed by atoms with Gasteiger partial charge in [0.15, 0.2) is 11.5 Å². The van der Waals surface area contributed by atoms with Crippen molar-refractivity contribution in [3.63, 3.8) is 0 Å². The van der Waals surface area contributed by atoms with E-state index in [1.54, 1.807) is 44.5 Å². The summed E-state index contributed by atoms with van der Waals surface area (Å²) in [6, 6.07) is 15.8. The quantitative estimate of drug-likeness (QED) is 0.554. The van der Waals surface area contributed by atoms with Crippen LogP contribution >= 0.6 is 0 Å². The van der Waals surface area contributed by atoms with Gasteiger partial charge in [0, 0.05) is 30.3 Å². The van der Waals surface area contributed by atoms with Crippen molar-refractivity contribution in [1.82, 2.24) is 10.2 Å². The van der Waals surface area contributed by atoms with Gasteiger partial charge in [0.1, 0.15) is 11.6 Å². The summed E-state index contributed by atoms with van der Waals surface area (Å²) in [7, 11) is 6.08. The Morgan fingerprint density at radius 3 is 2.23 bits per heavy atom. The average Bonchev–Trinajstić information content (AvgIpc) is 2.89. The van der Waals surface area contributed by atoms with Gasteiger partial charge in [-0.1, -0.05) is 36.4 Å². The fourth-order valence-electron chi connectivity index (χ4n) is 4.58. The minimum absolute atomic E-state index is 0.198. The maximum Gasteiger partial charge on any atom is 0.254 e. The zero-order valence-corrected chi connectivity index (χ0v) is 20.0. The summed E-state index contributed by atoms with van der Waals surface area (Å²) in [5.41, 5.74) is 1.78. The van der Waals surface area contributed by atoms with Gasteiger partial charge in [-0.2, -0.15) is 0 Å². The Morgan fingerprint density at radius 1 is 0.914 bits per heavy atom. The summed E-state index contributed by atoms with van der Waals surface area (Å²) in [5, 5.41) is 2.95. The van der Waals surface area contributed by atoms with Crippen molar-refractivity contribution in [2.24, 2.45) is 0 Å². The smallest absolute Gasteiger partial charge is 0.254 e. The molecule has 0 fully saturated rings. The normalized spacial score (nSPS) is 16.9. The van der Waals surface area contributed by atoms with Gasteiger partial charge >= 0.3 is 0 Å². The molecule has 8 heteroatoms. The maximum atomic E-state index is 15.0. The molecular weight excluding hydrogens is 451 g/mol. The van der Waals surface area contributed by atoms with Gasteiger partial charge in [-0.25, -0.2) is 4.39 Å². The van der Waals surface area contributed by atoms with Crippen LogP contribution in [0.1, 0.15) is 39.0 Å². The highest BCUT2D eigenvalue weighted by Crippen LogP contribution is 2.46. The van der Waals surface area contributed by atoms with E-state index in [9.17, 15) is 14.0 Å². The highest BCUT2D eigenvalue weighted by Gasteiger charge is 2.44. The Labute approximate surface area is 203 Å². The van der Waals surface area contributed by atoms with E-state index in [1.807, 2.05) is 24.3 Å².